The Morgan fingerprint density at radius 3 is 2.91 bits per heavy atom. The van der Waals surface area contributed by atoms with Crippen molar-refractivity contribution in [3.8, 4) is 0 Å². The topological polar surface area (TPSA) is 80.7 Å². The predicted molar refractivity (Wildman–Crippen MR) is 46.6 cm³/mol. The van der Waals surface area contributed by atoms with E-state index in [4.69, 9.17) is 23.7 Å². The molecule has 0 aliphatic heterocycles. The number of hydrogen-bond donors (Lipinski definition) is 3. The molecule has 0 radical (unpaired) electrons. The molecule has 0 aliphatic carbocycles. The second-order valence-electron chi connectivity index (χ2n) is 2.18. The molecule has 0 saturated heterocycles. The minimum absolute atomic E-state index is 0.411. The minimum Gasteiger partial charge on any atom is -0.384 e. The Morgan fingerprint density at radius 1 is 1.64 bits per heavy atom. The van der Waals surface area contributed by atoms with Crippen LogP contribution in [-0.4, -0.2) is 16.5 Å². The van der Waals surface area contributed by atoms with Crippen molar-refractivity contribution in [3.05, 3.63) is 16.5 Å². The van der Waals surface area contributed by atoms with Crippen molar-refractivity contribution in [2.45, 2.75) is 6.42 Å². The summed E-state index contributed by atoms with van der Waals surface area (Å²) >= 11 is 4.81. The monoisotopic (exact) mass is 170 g/mol. The lowest BCUT2D eigenvalue weighted by Crippen LogP contribution is -2.06. The number of anilines is 1. The van der Waals surface area contributed by atoms with Crippen LogP contribution in [0.5, 0.6) is 0 Å². The van der Waals surface area contributed by atoms with Crippen molar-refractivity contribution in [2.75, 3.05) is 12.3 Å². The van der Waals surface area contributed by atoms with Crippen molar-refractivity contribution in [3.63, 3.8) is 0 Å². The van der Waals surface area contributed by atoms with Crippen molar-refractivity contribution >= 4 is 18.0 Å². The highest BCUT2D eigenvalue weighted by molar-refractivity contribution is 7.71. The van der Waals surface area contributed by atoms with Gasteiger partial charge in [0, 0.05) is 5.69 Å². The Balaban J connectivity index is 2.99. The fraction of sp³-hybridized carbons (Fsp3) is 0.333. The largest absolute Gasteiger partial charge is 0.384 e. The van der Waals surface area contributed by atoms with Crippen molar-refractivity contribution in [1.82, 2.24) is 9.97 Å². The molecule has 0 bridgehead atoms. The Hall–Kier alpha value is -0.940. The van der Waals surface area contributed by atoms with Gasteiger partial charge in [-0.15, -0.1) is 0 Å². The number of nitrogens with zero attached hydrogens (tertiary/aromatic N) is 1. The van der Waals surface area contributed by atoms with Gasteiger partial charge in [0.15, 0.2) is 4.77 Å². The Morgan fingerprint density at radius 2 is 2.36 bits per heavy atom. The first-order chi connectivity index (χ1) is 5.22. The van der Waals surface area contributed by atoms with Crippen LogP contribution in [0.4, 0.5) is 5.82 Å². The van der Waals surface area contributed by atoms with Crippen molar-refractivity contribution in [2.24, 2.45) is 5.73 Å². The van der Waals surface area contributed by atoms with Crippen LogP contribution in [0.25, 0.3) is 0 Å². The maximum Gasteiger partial charge on any atom is 0.198 e. The van der Waals surface area contributed by atoms with Gasteiger partial charge in [-0.3, -0.25) is 0 Å². The fourth-order valence-electron chi connectivity index (χ4n) is 0.820. The number of hydrogen-bond acceptors (Lipinski definition) is 4. The van der Waals surface area contributed by atoms with Gasteiger partial charge in [-0.2, -0.15) is 0 Å². The molecule has 0 amide bonds. The fourth-order valence-corrected chi connectivity index (χ4v) is 1.06. The van der Waals surface area contributed by atoms with Gasteiger partial charge in [-0.25, -0.2) is 4.98 Å². The van der Waals surface area contributed by atoms with Gasteiger partial charge in [-0.1, -0.05) is 0 Å². The van der Waals surface area contributed by atoms with E-state index in [9.17, 15) is 0 Å². The Kier molecular flexibility index (Phi) is 2.56. The molecular weight excluding hydrogens is 160 g/mol. The van der Waals surface area contributed by atoms with Gasteiger partial charge in [0.05, 0.1) is 0 Å². The van der Waals surface area contributed by atoms with E-state index in [0.29, 0.717) is 17.1 Å². The number of aromatic nitrogens is 2. The third kappa shape index (κ3) is 2.28. The molecular formula is C6H10N4S. The van der Waals surface area contributed by atoms with Crippen molar-refractivity contribution in [1.29, 1.82) is 0 Å². The zero-order valence-electron chi connectivity index (χ0n) is 6.00. The molecule has 5 N–H and O–H groups in total. The second-order valence-corrected chi connectivity index (χ2v) is 2.56. The molecule has 0 unspecified atom stereocenters. The lowest BCUT2D eigenvalue weighted by Gasteiger charge is -1.98. The summed E-state index contributed by atoms with van der Waals surface area (Å²) in [7, 11) is 0. The number of H-pyrrole nitrogens is 1. The van der Waals surface area contributed by atoms with E-state index >= 15 is 0 Å². The zero-order valence-corrected chi connectivity index (χ0v) is 6.82. The summed E-state index contributed by atoms with van der Waals surface area (Å²) in [5.74, 6) is 0.442. The van der Waals surface area contributed by atoms with E-state index in [1.54, 1.807) is 6.07 Å². The first-order valence-electron chi connectivity index (χ1n) is 3.28. The van der Waals surface area contributed by atoms with Crippen LogP contribution in [0.3, 0.4) is 0 Å². The van der Waals surface area contributed by atoms with Crippen LogP contribution in [-0.2, 0) is 6.42 Å². The lowest BCUT2D eigenvalue weighted by molar-refractivity contribution is 0.906. The van der Waals surface area contributed by atoms with Gasteiger partial charge >= 0.3 is 0 Å². The number of nitrogen functional groups attached to an aromatic ring is 1. The molecule has 60 valence electrons. The molecule has 1 rings (SSSR count). The molecule has 0 saturated carbocycles. The number of aromatic amines is 1. The predicted octanol–water partition coefficient (Wildman–Crippen LogP) is 0.223. The average Bonchev–Trinajstić information content (AvgIpc) is 1.85. The molecule has 1 aromatic heterocycles. The number of rotatable bonds is 2. The summed E-state index contributed by atoms with van der Waals surface area (Å²) in [5.41, 5.74) is 11.7. The van der Waals surface area contributed by atoms with Gasteiger partial charge in [0.1, 0.15) is 5.82 Å². The highest BCUT2D eigenvalue weighted by Crippen LogP contribution is 1.99. The molecule has 0 spiro atoms. The molecule has 4 nitrogen and oxygen atoms in total. The van der Waals surface area contributed by atoms with E-state index < -0.39 is 0 Å². The molecule has 11 heavy (non-hydrogen) atoms. The maximum absolute atomic E-state index is 5.45. The van der Waals surface area contributed by atoms with Crippen LogP contribution in [0, 0.1) is 4.77 Å². The number of nitrogens with one attached hydrogen (secondary N) is 1. The summed E-state index contributed by atoms with van der Waals surface area (Å²) in [4.78, 5) is 6.71. The van der Waals surface area contributed by atoms with Crippen LogP contribution in [0.2, 0.25) is 0 Å². The van der Waals surface area contributed by atoms with Crippen LogP contribution >= 0.6 is 12.2 Å². The van der Waals surface area contributed by atoms with Crippen LogP contribution in [0.15, 0.2) is 6.07 Å². The van der Waals surface area contributed by atoms with E-state index in [0.717, 1.165) is 12.1 Å². The standard InChI is InChI=1S/C6H10N4S/c7-2-1-4-3-5(8)10-6(11)9-4/h3H,1-2,7H2,(H3,8,9,10,11). The summed E-state index contributed by atoms with van der Waals surface area (Å²) in [6.07, 6.45) is 0.746. The summed E-state index contributed by atoms with van der Waals surface area (Å²) in [6, 6.07) is 1.74. The Labute approximate surface area is 69.6 Å². The van der Waals surface area contributed by atoms with Gasteiger partial charge < -0.3 is 16.5 Å². The molecule has 1 aromatic rings. The zero-order chi connectivity index (χ0) is 8.27. The van der Waals surface area contributed by atoms with Gasteiger partial charge in [-0.05, 0) is 31.2 Å². The minimum atomic E-state index is 0.411. The summed E-state index contributed by atoms with van der Waals surface area (Å²) < 4.78 is 0.411. The molecule has 1 heterocycles. The highest BCUT2D eigenvalue weighted by atomic mass is 32.1. The first kappa shape index (κ1) is 8.16. The summed E-state index contributed by atoms with van der Waals surface area (Å²) in [5, 5.41) is 0. The molecule has 0 atom stereocenters. The first-order valence-corrected chi connectivity index (χ1v) is 3.69. The molecule has 0 aromatic carbocycles. The van der Waals surface area contributed by atoms with Gasteiger partial charge in [0.25, 0.3) is 0 Å². The normalized spacial score (nSPS) is 9.91. The van der Waals surface area contributed by atoms with Crippen molar-refractivity contribution < 1.29 is 0 Å². The van der Waals surface area contributed by atoms with E-state index in [-0.39, 0.29) is 0 Å². The molecule has 0 fully saturated rings. The molecule has 0 aliphatic rings. The quantitative estimate of drug-likeness (QED) is 0.555. The average molecular weight is 170 g/mol. The highest BCUT2D eigenvalue weighted by Gasteiger charge is 1.93. The lowest BCUT2D eigenvalue weighted by atomic mass is 10.3. The third-order valence-electron chi connectivity index (χ3n) is 1.23. The molecule has 5 heteroatoms. The van der Waals surface area contributed by atoms with Crippen LogP contribution in [0.1, 0.15) is 5.69 Å². The second kappa shape index (κ2) is 3.45. The van der Waals surface area contributed by atoms with E-state index in [2.05, 4.69) is 9.97 Å². The van der Waals surface area contributed by atoms with E-state index in [1.165, 1.54) is 0 Å². The van der Waals surface area contributed by atoms with Crippen LogP contribution < -0.4 is 11.5 Å². The number of nitrogens with two attached hydrogens (primary N) is 2. The van der Waals surface area contributed by atoms with E-state index in [1.807, 2.05) is 0 Å². The smallest absolute Gasteiger partial charge is 0.198 e. The van der Waals surface area contributed by atoms with Gasteiger partial charge in [0.2, 0.25) is 0 Å². The maximum atomic E-state index is 5.45. The third-order valence-corrected chi connectivity index (χ3v) is 1.43. The SMILES string of the molecule is NCCc1cc(N)nc(=S)[nH]1. The summed E-state index contributed by atoms with van der Waals surface area (Å²) in [6.45, 7) is 0.578. The Bertz CT molecular complexity index is 293.